The first-order chi connectivity index (χ1) is 7.35. The third-order valence-corrected chi connectivity index (χ3v) is 2.58. The third-order valence-electron chi connectivity index (χ3n) is 1.81. The zero-order valence-corrected chi connectivity index (χ0v) is 9.08. The minimum atomic E-state index is -4.56. The standard InChI is InChI=1S/C10H8F4OS/c1-2-7(15)6-4-3-5-8(9(6)11)16-10(12,13)14/h3-5H,2H2,1H3. The van der Waals surface area contributed by atoms with E-state index in [4.69, 9.17) is 0 Å². The van der Waals surface area contributed by atoms with Gasteiger partial charge in [0.15, 0.2) is 5.78 Å². The molecule has 0 aliphatic rings. The number of rotatable bonds is 3. The van der Waals surface area contributed by atoms with Crippen molar-refractivity contribution in [2.24, 2.45) is 0 Å². The molecule has 1 nitrogen and oxygen atoms in total. The SMILES string of the molecule is CCC(=O)c1cccc(SC(F)(F)F)c1F. The van der Waals surface area contributed by atoms with Crippen LogP contribution in [0.15, 0.2) is 23.1 Å². The Morgan fingerprint density at radius 1 is 1.38 bits per heavy atom. The van der Waals surface area contributed by atoms with E-state index in [-0.39, 0.29) is 12.0 Å². The van der Waals surface area contributed by atoms with E-state index in [1.54, 1.807) is 0 Å². The Labute approximate surface area is 93.8 Å². The molecule has 16 heavy (non-hydrogen) atoms. The number of halogens is 4. The maximum Gasteiger partial charge on any atom is 0.446 e. The number of thioether (sulfide) groups is 1. The lowest BCUT2D eigenvalue weighted by atomic mass is 10.1. The van der Waals surface area contributed by atoms with Gasteiger partial charge in [0, 0.05) is 6.42 Å². The van der Waals surface area contributed by atoms with E-state index in [1.807, 2.05) is 0 Å². The van der Waals surface area contributed by atoms with Gasteiger partial charge in [0.1, 0.15) is 5.82 Å². The number of Topliss-reactive ketones (excluding diaryl/α,β-unsaturated/α-hetero) is 1. The zero-order chi connectivity index (χ0) is 12.3. The van der Waals surface area contributed by atoms with Gasteiger partial charge in [-0.2, -0.15) is 13.2 Å². The Morgan fingerprint density at radius 2 is 2.00 bits per heavy atom. The fraction of sp³-hybridized carbons (Fsp3) is 0.300. The summed E-state index contributed by atoms with van der Waals surface area (Å²) in [5.41, 5.74) is -4.86. The number of hydrogen-bond donors (Lipinski definition) is 0. The van der Waals surface area contributed by atoms with E-state index in [9.17, 15) is 22.4 Å². The van der Waals surface area contributed by atoms with Crippen molar-refractivity contribution in [3.8, 4) is 0 Å². The lowest BCUT2D eigenvalue weighted by molar-refractivity contribution is -0.0329. The first kappa shape index (κ1) is 13.0. The molecule has 0 aliphatic carbocycles. The summed E-state index contributed by atoms with van der Waals surface area (Å²) in [6.45, 7) is 1.52. The van der Waals surface area contributed by atoms with Gasteiger partial charge in [-0.1, -0.05) is 13.0 Å². The van der Waals surface area contributed by atoms with Crippen LogP contribution in [0.3, 0.4) is 0 Å². The van der Waals surface area contributed by atoms with E-state index < -0.39 is 33.8 Å². The van der Waals surface area contributed by atoms with E-state index in [2.05, 4.69) is 0 Å². The average Bonchev–Trinajstić information content (AvgIpc) is 2.18. The second kappa shape index (κ2) is 4.86. The van der Waals surface area contributed by atoms with Gasteiger partial charge in [0.25, 0.3) is 0 Å². The van der Waals surface area contributed by atoms with Crippen LogP contribution in [0.25, 0.3) is 0 Å². The molecule has 88 valence electrons. The molecule has 0 atom stereocenters. The van der Waals surface area contributed by atoms with Crippen molar-refractivity contribution in [3.63, 3.8) is 0 Å². The molecule has 0 aliphatic heterocycles. The van der Waals surface area contributed by atoms with Crippen molar-refractivity contribution >= 4 is 17.5 Å². The van der Waals surface area contributed by atoms with Crippen LogP contribution >= 0.6 is 11.8 Å². The summed E-state index contributed by atoms with van der Waals surface area (Å²) in [5, 5.41) is 0. The molecule has 0 radical (unpaired) electrons. The molecule has 1 aromatic rings. The molecule has 0 spiro atoms. The maximum absolute atomic E-state index is 13.5. The Bertz CT molecular complexity index is 400. The number of carbonyl (C=O) groups is 1. The fourth-order valence-corrected chi connectivity index (χ4v) is 1.72. The molecule has 6 heteroatoms. The monoisotopic (exact) mass is 252 g/mol. The predicted octanol–water partition coefficient (Wildman–Crippen LogP) is 4.03. The molecule has 0 N–H and O–H groups in total. The highest BCUT2D eigenvalue weighted by molar-refractivity contribution is 8.00. The molecule has 0 amide bonds. The van der Waals surface area contributed by atoms with Crippen LogP contribution < -0.4 is 0 Å². The summed E-state index contributed by atoms with van der Waals surface area (Å²) in [6.07, 6.45) is 0.0526. The molecule has 0 fully saturated rings. The first-order valence-corrected chi connectivity index (χ1v) is 5.24. The van der Waals surface area contributed by atoms with E-state index in [0.717, 1.165) is 6.07 Å². The number of benzene rings is 1. The number of alkyl halides is 3. The normalized spacial score (nSPS) is 11.6. The lowest BCUT2D eigenvalue weighted by Gasteiger charge is -2.08. The van der Waals surface area contributed by atoms with Crippen molar-refractivity contribution in [1.82, 2.24) is 0 Å². The van der Waals surface area contributed by atoms with Gasteiger partial charge in [-0.15, -0.1) is 0 Å². The second-order valence-electron chi connectivity index (χ2n) is 2.94. The lowest BCUT2D eigenvalue weighted by Crippen LogP contribution is -2.05. The maximum atomic E-state index is 13.5. The molecule has 0 bridgehead atoms. The summed E-state index contributed by atoms with van der Waals surface area (Å²) in [7, 11) is 0. The number of ketones is 1. The second-order valence-corrected chi connectivity index (χ2v) is 4.05. The quantitative estimate of drug-likeness (QED) is 0.459. The van der Waals surface area contributed by atoms with Gasteiger partial charge in [-0.25, -0.2) is 4.39 Å². The average molecular weight is 252 g/mol. The topological polar surface area (TPSA) is 17.1 Å². The highest BCUT2D eigenvalue weighted by atomic mass is 32.2. The minimum Gasteiger partial charge on any atom is -0.294 e. The molecular formula is C10H8F4OS. The summed E-state index contributed by atoms with van der Waals surface area (Å²) in [5.74, 6) is -1.61. The van der Waals surface area contributed by atoms with Crippen molar-refractivity contribution in [2.75, 3.05) is 0 Å². The molecule has 0 unspecified atom stereocenters. The summed E-state index contributed by atoms with van der Waals surface area (Å²) in [6, 6.07) is 3.42. The molecule has 1 rings (SSSR count). The van der Waals surface area contributed by atoms with Crippen molar-refractivity contribution in [2.45, 2.75) is 23.7 Å². The smallest absolute Gasteiger partial charge is 0.294 e. The largest absolute Gasteiger partial charge is 0.446 e. The van der Waals surface area contributed by atoms with E-state index in [0.29, 0.717) is 0 Å². The van der Waals surface area contributed by atoms with Gasteiger partial charge >= 0.3 is 5.51 Å². The zero-order valence-electron chi connectivity index (χ0n) is 8.27. The van der Waals surface area contributed by atoms with Gasteiger partial charge in [-0.05, 0) is 23.9 Å². The van der Waals surface area contributed by atoms with Gasteiger partial charge in [0.2, 0.25) is 0 Å². The van der Waals surface area contributed by atoms with Crippen molar-refractivity contribution < 1.29 is 22.4 Å². The van der Waals surface area contributed by atoms with E-state index in [1.165, 1.54) is 19.1 Å². The van der Waals surface area contributed by atoms with Crippen LogP contribution in [0.5, 0.6) is 0 Å². The number of hydrogen-bond acceptors (Lipinski definition) is 2. The Balaban J connectivity index is 3.09. The van der Waals surface area contributed by atoms with Crippen LogP contribution in [-0.2, 0) is 0 Å². The Kier molecular flexibility index (Phi) is 3.96. The highest BCUT2D eigenvalue weighted by Gasteiger charge is 2.31. The van der Waals surface area contributed by atoms with Crippen LogP contribution in [0.1, 0.15) is 23.7 Å². The van der Waals surface area contributed by atoms with E-state index >= 15 is 0 Å². The predicted molar refractivity (Wildman–Crippen MR) is 52.9 cm³/mol. The van der Waals surface area contributed by atoms with Crippen LogP contribution in [0, 0.1) is 5.82 Å². The Morgan fingerprint density at radius 3 is 2.50 bits per heavy atom. The highest BCUT2D eigenvalue weighted by Crippen LogP contribution is 2.38. The number of carbonyl (C=O) groups excluding carboxylic acids is 1. The molecule has 0 aromatic heterocycles. The van der Waals surface area contributed by atoms with Crippen molar-refractivity contribution in [1.29, 1.82) is 0 Å². The molecule has 0 heterocycles. The first-order valence-electron chi connectivity index (χ1n) is 4.42. The molecular weight excluding hydrogens is 244 g/mol. The fourth-order valence-electron chi connectivity index (χ4n) is 1.12. The Hall–Kier alpha value is -1.04. The third kappa shape index (κ3) is 3.23. The van der Waals surface area contributed by atoms with Crippen LogP contribution in [0.2, 0.25) is 0 Å². The van der Waals surface area contributed by atoms with Crippen LogP contribution in [0.4, 0.5) is 17.6 Å². The summed E-state index contributed by atoms with van der Waals surface area (Å²) < 4.78 is 49.6. The summed E-state index contributed by atoms with van der Waals surface area (Å²) >= 11 is -0.558. The van der Waals surface area contributed by atoms with Gasteiger partial charge in [-0.3, -0.25) is 4.79 Å². The van der Waals surface area contributed by atoms with Gasteiger partial charge < -0.3 is 0 Å². The minimum absolute atomic E-state index is 0.0526. The molecule has 0 saturated heterocycles. The molecule has 0 saturated carbocycles. The van der Waals surface area contributed by atoms with Crippen molar-refractivity contribution in [3.05, 3.63) is 29.6 Å². The van der Waals surface area contributed by atoms with Gasteiger partial charge in [0.05, 0.1) is 10.5 Å². The molecule has 1 aromatic carbocycles. The summed E-state index contributed by atoms with van der Waals surface area (Å²) in [4.78, 5) is 10.6. The van der Waals surface area contributed by atoms with Crippen LogP contribution in [-0.4, -0.2) is 11.3 Å².